The van der Waals surface area contributed by atoms with Crippen LogP contribution in [0.4, 0.5) is 5.69 Å². The molecule has 0 spiro atoms. The molecule has 132 valence electrons. The molecular formula is C18H20ClN3O3. The number of anilines is 1. The van der Waals surface area contributed by atoms with Gasteiger partial charge in [0.1, 0.15) is 17.5 Å². The average Bonchev–Trinajstić information content (AvgIpc) is 2.63. The standard InChI is InChI=1S/C18H20ClN3O3/c1-12(21-15-7-5-14(19)6-8-15)18(23)22-20-11-13-4-9-16(24-2)10-17(13)25-3/h4-12,21H,1-3H3,(H,22,23)/b20-11-/t12-/m1/s1. The van der Waals surface area contributed by atoms with Crippen molar-refractivity contribution in [1.82, 2.24) is 5.43 Å². The van der Waals surface area contributed by atoms with Crippen LogP contribution in [0.2, 0.25) is 5.02 Å². The van der Waals surface area contributed by atoms with Gasteiger partial charge in [-0.3, -0.25) is 4.79 Å². The number of hydrogen-bond donors (Lipinski definition) is 2. The van der Waals surface area contributed by atoms with Crippen LogP contribution >= 0.6 is 11.6 Å². The number of nitrogens with one attached hydrogen (secondary N) is 2. The summed E-state index contributed by atoms with van der Waals surface area (Å²) in [6, 6.07) is 12.0. The molecule has 25 heavy (non-hydrogen) atoms. The third-order valence-electron chi connectivity index (χ3n) is 3.44. The number of methoxy groups -OCH3 is 2. The predicted octanol–water partition coefficient (Wildman–Crippen LogP) is 3.31. The minimum Gasteiger partial charge on any atom is -0.497 e. The van der Waals surface area contributed by atoms with E-state index in [0.717, 1.165) is 11.3 Å². The van der Waals surface area contributed by atoms with E-state index in [2.05, 4.69) is 15.8 Å². The highest BCUT2D eigenvalue weighted by atomic mass is 35.5. The fourth-order valence-electron chi connectivity index (χ4n) is 2.05. The summed E-state index contributed by atoms with van der Waals surface area (Å²) in [5.74, 6) is 1.02. The summed E-state index contributed by atoms with van der Waals surface area (Å²) in [6.07, 6.45) is 1.52. The molecule has 0 aromatic heterocycles. The van der Waals surface area contributed by atoms with Crippen LogP contribution in [0.3, 0.4) is 0 Å². The summed E-state index contributed by atoms with van der Waals surface area (Å²) in [5, 5.41) is 7.68. The van der Waals surface area contributed by atoms with Crippen molar-refractivity contribution in [1.29, 1.82) is 0 Å². The largest absolute Gasteiger partial charge is 0.497 e. The number of amides is 1. The van der Waals surface area contributed by atoms with E-state index < -0.39 is 6.04 Å². The van der Waals surface area contributed by atoms with Gasteiger partial charge in [-0.15, -0.1) is 0 Å². The van der Waals surface area contributed by atoms with Gasteiger partial charge in [0.25, 0.3) is 5.91 Å². The molecule has 7 heteroatoms. The number of ether oxygens (including phenoxy) is 2. The van der Waals surface area contributed by atoms with Crippen molar-refractivity contribution in [2.75, 3.05) is 19.5 Å². The second-order valence-corrected chi connectivity index (χ2v) is 5.65. The summed E-state index contributed by atoms with van der Waals surface area (Å²) in [7, 11) is 3.14. The fraction of sp³-hybridized carbons (Fsp3) is 0.222. The number of hydrogen-bond acceptors (Lipinski definition) is 5. The van der Waals surface area contributed by atoms with Crippen molar-refractivity contribution in [3.63, 3.8) is 0 Å². The Labute approximate surface area is 151 Å². The van der Waals surface area contributed by atoms with Crippen molar-refractivity contribution >= 4 is 29.4 Å². The zero-order valence-corrected chi connectivity index (χ0v) is 15.0. The monoisotopic (exact) mass is 361 g/mol. The Morgan fingerprint density at radius 3 is 2.52 bits per heavy atom. The molecule has 0 fully saturated rings. The Bertz CT molecular complexity index is 748. The molecule has 0 radical (unpaired) electrons. The zero-order valence-electron chi connectivity index (χ0n) is 14.2. The highest BCUT2D eigenvalue weighted by Crippen LogP contribution is 2.23. The topological polar surface area (TPSA) is 72.0 Å². The molecular weight excluding hydrogens is 342 g/mol. The molecule has 0 saturated heterocycles. The number of hydrazone groups is 1. The molecule has 0 saturated carbocycles. The van der Waals surface area contributed by atoms with Gasteiger partial charge in [0.2, 0.25) is 0 Å². The van der Waals surface area contributed by atoms with Crippen molar-refractivity contribution in [3.05, 3.63) is 53.1 Å². The van der Waals surface area contributed by atoms with Gasteiger partial charge in [-0.2, -0.15) is 5.10 Å². The molecule has 0 aliphatic rings. The van der Waals surface area contributed by atoms with E-state index in [1.165, 1.54) is 6.21 Å². The maximum Gasteiger partial charge on any atom is 0.262 e. The van der Waals surface area contributed by atoms with Crippen molar-refractivity contribution < 1.29 is 14.3 Å². The number of carbonyl (C=O) groups is 1. The van der Waals surface area contributed by atoms with Gasteiger partial charge in [0.15, 0.2) is 0 Å². The average molecular weight is 362 g/mol. The molecule has 0 unspecified atom stereocenters. The van der Waals surface area contributed by atoms with Gasteiger partial charge < -0.3 is 14.8 Å². The molecule has 1 amide bonds. The quantitative estimate of drug-likeness (QED) is 0.586. The molecule has 0 heterocycles. The fourth-order valence-corrected chi connectivity index (χ4v) is 2.18. The Kier molecular flexibility index (Phi) is 6.65. The summed E-state index contributed by atoms with van der Waals surface area (Å²) >= 11 is 5.84. The number of rotatable bonds is 7. The lowest BCUT2D eigenvalue weighted by atomic mass is 10.2. The number of benzene rings is 2. The number of halogens is 1. The SMILES string of the molecule is COc1ccc(/C=N\NC(=O)[C@@H](C)Nc2ccc(Cl)cc2)c(OC)c1. The van der Waals surface area contributed by atoms with E-state index in [4.69, 9.17) is 21.1 Å². The molecule has 2 N–H and O–H groups in total. The first-order valence-electron chi connectivity index (χ1n) is 7.60. The molecule has 0 aliphatic heterocycles. The van der Waals surface area contributed by atoms with Gasteiger partial charge in [-0.1, -0.05) is 11.6 Å². The summed E-state index contributed by atoms with van der Waals surface area (Å²) in [5.41, 5.74) is 4.02. The second kappa shape index (κ2) is 8.94. The van der Waals surface area contributed by atoms with Crippen molar-refractivity contribution in [2.24, 2.45) is 5.10 Å². The number of nitrogens with zero attached hydrogens (tertiary/aromatic N) is 1. The Hall–Kier alpha value is -2.73. The first-order chi connectivity index (χ1) is 12.0. The Morgan fingerprint density at radius 2 is 1.88 bits per heavy atom. The lowest BCUT2D eigenvalue weighted by Crippen LogP contribution is -2.34. The highest BCUT2D eigenvalue weighted by Gasteiger charge is 2.11. The molecule has 0 aliphatic carbocycles. The zero-order chi connectivity index (χ0) is 18.2. The van der Waals surface area contributed by atoms with E-state index in [9.17, 15) is 4.79 Å². The van der Waals surface area contributed by atoms with Crippen LogP contribution in [0, 0.1) is 0 Å². The Morgan fingerprint density at radius 1 is 1.16 bits per heavy atom. The van der Waals surface area contributed by atoms with Crippen molar-refractivity contribution in [3.8, 4) is 11.5 Å². The van der Waals surface area contributed by atoms with E-state index in [0.29, 0.717) is 16.5 Å². The van der Waals surface area contributed by atoms with Gasteiger partial charge in [0, 0.05) is 22.3 Å². The Balaban J connectivity index is 1.94. The van der Waals surface area contributed by atoms with Crippen LogP contribution in [0.1, 0.15) is 12.5 Å². The van der Waals surface area contributed by atoms with E-state index in [-0.39, 0.29) is 5.91 Å². The van der Waals surface area contributed by atoms with E-state index in [1.807, 2.05) is 0 Å². The van der Waals surface area contributed by atoms with E-state index in [1.54, 1.807) is 63.6 Å². The third kappa shape index (κ3) is 5.39. The van der Waals surface area contributed by atoms with Gasteiger partial charge in [-0.05, 0) is 43.3 Å². The number of carbonyl (C=O) groups excluding carboxylic acids is 1. The van der Waals surface area contributed by atoms with Crippen LogP contribution in [0.5, 0.6) is 11.5 Å². The van der Waals surface area contributed by atoms with Gasteiger partial charge >= 0.3 is 0 Å². The van der Waals surface area contributed by atoms with Crippen LogP contribution < -0.4 is 20.2 Å². The molecule has 1 atom stereocenters. The maximum absolute atomic E-state index is 12.1. The lowest BCUT2D eigenvalue weighted by molar-refractivity contribution is -0.121. The minimum absolute atomic E-state index is 0.265. The van der Waals surface area contributed by atoms with Crippen LogP contribution in [0.25, 0.3) is 0 Å². The first-order valence-corrected chi connectivity index (χ1v) is 7.98. The minimum atomic E-state index is -0.462. The maximum atomic E-state index is 12.1. The molecule has 6 nitrogen and oxygen atoms in total. The van der Waals surface area contributed by atoms with Crippen LogP contribution in [0.15, 0.2) is 47.6 Å². The van der Waals surface area contributed by atoms with Crippen LogP contribution in [-0.2, 0) is 4.79 Å². The third-order valence-corrected chi connectivity index (χ3v) is 3.69. The predicted molar refractivity (Wildman–Crippen MR) is 99.8 cm³/mol. The normalized spacial score (nSPS) is 11.8. The highest BCUT2D eigenvalue weighted by molar-refractivity contribution is 6.30. The molecule has 0 bridgehead atoms. The van der Waals surface area contributed by atoms with E-state index >= 15 is 0 Å². The summed E-state index contributed by atoms with van der Waals surface area (Å²) < 4.78 is 10.4. The van der Waals surface area contributed by atoms with Gasteiger partial charge in [0.05, 0.1) is 20.4 Å². The summed E-state index contributed by atoms with van der Waals surface area (Å²) in [4.78, 5) is 12.1. The molecule has 2 aromatic carbocycles. The lowest BCUT2D eigenvalue weighted by Gasteiger charge is -2.13. The second-order valence-electron chi connectivity index (χ2n) is 5.22. The first kappa shape index (κ1) is 18.6. The van der Waals surface area contributed by atoms with Gasteiger partial charge in [-0.25, -0.2) is 5.43 Å². The molecule has 2 aromatic rings. The van der Waals surface area contributed by atoms with Crippen molar-refractivity contribution in [2.45, 2.75) is 13.0 Å². The molecule has 2 rings (SSSR count). The summed E-state index contributed by atoms with van der Waals surface area (Å²) in [6.45, 7) is 1.74. The van der Waals surface area contributed by atoms with Crippen LogP contribution in [-0.4, -0.2) is 32.4 Å². The smallest absolute Gasteiger partial charge is 0.262 e.